The molecule has 0 heterocycles. The highest BCUT2D eigenvalue weighted by atomic mass is 79.9. The van der Waals surface area contributed by atoms with E-state index in [1.807, 2.05) is 13.0 Å². The Kier molecular flexibility index (Phi) is 7.70. The van der Waals surface area contributed by atoms with Gasteiger partial charge in [0.2, 0.25) is 0 Å². The van der Waals surface area contributed by atoms with Crippen molar-refractivity contribution in [1.82, 2.24) is 10.2 Å². The summed E-state index contributed by atoms with van der Waals surface area (Å²) in [7, 11) is 2.15. The average molecular weight is 345 g/mol. The van der Waals surface area contributed by atoms with Gasteiger partial charge in [0.25, 0.3) is 0 Å². The van der Waals surface area contributed by atoms with E-state index in [0.717, 1.165) is 36.0 Å². The standard InChI is InChI=1S/C16H26BrFN2/c1-12(2)20(4)10-6-5-9-19-13(3)15-11-14(17)7-8-16(15)18/h7-8,11-13,19H,5-6,9-10H2,1-4H3. The Morgan fingerprint density at radius 1 is 1.25 bits per heavy atom. The lowest BCUT2D eigenvalue weighted by Crippen LogP contribution is -2.28. The van der Waals surface area contributed by atoms with E-state index >= 15 is 0 Å². The van der Waals surface area contributed by atoms with Gasteiger partial charge in [-0.1, -0.05) is 15.9 Å². The number of rotatable bonds is 8. The van der Waals surface area contributed by atoms with Gasteiger partial charge in [0.1, 0.15) is 5.82 Å². The van der Waals surface area contributed by atoms with Crippen molar-refractivity contribution in [2.45, 2.75) is 45.7 Å². The second-order valence-corrected chi connectivity index (χ2v) is 6.54. The van der Waals surface area contributed by atoms with Crippen molar-refractivity contribution in [2.75, 3.05) is 20.1 Å². The van der Waals surface area contributed by atoms with Gasteiger partial charge in [0.05, 0.1) is 0 Å². The molecule has 4 heteroatoms. The van der Waals surface area contributed by atoms with Crippen molar-refractivity contribution in [1.29, 1.82) is 0 Å². The molecule has 1 unspecified atom stereocenters. The fourth-order valence-corrected chi connectivity index (χ4v) is 2.40. The number of hydrogen-bond donors (Lipinski definition) is 1. The summed E-state index contributed by atoms with van der Waals surface area (Å²) in [6, 6.07) is 5.72. The number of halogens is 2. The average Bonchev–Trinajstić information content (AvgIpc) is 2.40. The fraction of sp³-hybridized carbons (Fsp3) is 0.625. The Balaban J connectivity index is 2.30. The summed E-state index contributed by atoms with van der Waals surface area (Å²) in [5.74, 6) is -0.146. The van der Waals surface area contributed by atoms with Crippen molar-refractivity contribution in [3.05, 3.63) is 34.1 Å². The largest absolute Gasteiger partial charge is 0.310 e. The normalized spacial score (nSPS) is 13.2. The van der Waals surface area contributed by atoms with Crippen LogP contribution in [0.4, 0.5) is 4.39 Å². The number of nitrogens with one attached hydrogen (secondary N) is 1. The highest BCUT2D eigenvalue weighted by Crippen LogP contribution is 2.21. The van der Waals surface area contributed by atoms with Crippen LogP contribution in [0.15, 0.2) is 22.7 Å². The predicted molar refractivity (Wildman–Crippen MR) is 87.5 cm³/mol. The van der Waals surface area contributed by atoms with Crippen molar-refractivity contribution in [3.63, 3.8) is 0 Å². The van der Waals surface area contributed by atoms with Gasteiger partial charge in [-0.05, 0) is 71.9 Å². The van der Waals surface area contributed by atoms with Gasteiger partial charge in [-0.2, -0.15) is 0 Å². The lowest BCUT2D eigenvalue weighted by atomic mass is 10.1. The predicted octanol–water partition coefficient (Wildman–Crippen LogP) is 4.36. The first-order chi connectivity index (χ1) is 9.41. The quantitative estimate of drug-likeness (QED) is 0.705. The molecule has 0 aliphatic rings. The summed E-state index contributed by atoms with van der Waals surface area (Å²) in [4.78, 5) is 2.34. The maximum Gasteiger partial charge on any atom is 0.128 e. The van der Waals surface area contributed by atoms with Crippen LogP contribution in [0.5, 0.6) is 0 Å². The first-order valence-corrected chi connectivity index (χ1v) is 8.09. The van der Waals surface area contributed by atoms with E-state index in [0.29, 0.717) is 6.04 Å². The lowest BCUT2D eigenvalue weighted by molar-refractivity contribution is 0.267. The van der Waals surface area contributed by atoms with Gasteiger partial charge in [-0.15, -0.1) is 0 Å². The lowest BCUT2D eigenvalue weighted by Gasteiger charge is -2.21. The van der Waals surface area contributed by atoms with Crippen LogP contribution in [0.2, 0.25) is 0 Å². The molecule has 0 aliphatic heterocycles. The molecule has 0 aromatic heterocycles. The van der Waals surface area contributed by atoms with E-state index in [4.69, 9.17) is 0 Å². The molecule has 0 radical (unpaired) electrons. The molecule has 1 rings (SSSR count). The SMILES string of the molecule is CC(NCCCCN(C)C(C)C)c1cc(Br)ccc1F. The molecule has 0 spiro atoms. The third-order valence-corrected chi connectivity index (χ3v) is 4.19. The molecule has 0 saturated carbocycles. The number of nitrogens with zero attached hydrogens (tertiary/aromatic N) is 1. The Bertz CT molecular complexity index is 409. The Hall–Kier alpha value is -0.450. The Labute approximate surface area is 130 Å². The third kappa shape index (κ3) is 5.90. The zero-order chi connectivity index (χ0) is 15.1. The summed E-state index contributed by atoms with van der Waals surface area (Å²) in [6.45, 7) is 8.44. The van der Waals surface area contributed by atoms with Gasteiger partial charge in [0.15, 0.2) is 0 Å². The van der Waals surface area contributed by atoms with E-state index in [1.54, 1.807) is 6.07 Å². The minimum absolute atomic E-state index is 0.0373. The van der Waals surface area contributed by atoms with E-state index in [2.05, 4.69) is 47.0 Å². The second kappa shape index (κ2) is 8.75. The van der Waals surface area contributed by atoms with Crippen LogP contribution < -0.4 is 5.32 Å². The zero-order valence-electron chi connectivity index (χ0n) is 12.9. The summed E-state index contributed by atoms with van der Waals surface area (Å²) in [5, 5.41) is 3.39. The summed E-state index contributed by atoms with van der Waals surface area (Å²) in [6.07, 6.45) is 2.27. The van der Waals surface area contributed by atoms with Gasteiger partial charge >= 0.3 is 0 Å². The molecule has 20 heavy (non-hydrogen) atoms. The minimum Gasteiger partial charge on any atom is -0.310 e. The van der Waals surface area contributed by atoms with Crippen molar-refractivity contribution in [2.24, 2.45) is 0 Å². The summed E-state index contributed by atoms with van der Waals surface area (Å²) >= 11 is 3.39. The van der Waals surface area contributed by atoms with E-state index in [9.17, 15) is 4.39 Å². The van der Waals surface area contributed by atoms with E-state index in [1.165, 1.54) is 6.07 Å². The Morgan fingerprint density at radius 2 is 1.95 bits per heavy atom. The smallest absolute Gasteiger partial charge is 0.128 e. The highest BCUT2D eigenvalue weighted by Gasteiger charge is 2.10. The van der Waals surface area contributed by atoms with Crippen LogP contribution in [0, 0.1) is 5.82 Å². The molecule has 1 N–H and O–H groups in total. The van der Waals surface area contributed by atoms with Crippen LogP contribution in [0.25, 0.3) is 0 Å². The highest BCUT2D eigenvalue weighted by molar-refractivity contribution is 9.10. The van der Waals surface area contributed by atoms with Gasteiger partial charge in [-0.3, -0.25) is 0 Å². The first kappa shape index (κ1) is 17.6. The molecule has 1 atom stereocenters. The number of unbranched alkanes of at least 4 members (excludes halogenated alkanes) is 1. The zero-order valence-corrected chi connectivity index (χ0v) is 14.5. The van der Waals surface area contributed by atoms with Crippen LogP contribution >= 0.6 is 15.9 Å². The van der Waals surface area contributed by atoms with Crippen LogP contribution in [-0.2, 0) is 0 Å². The maximum absolute atomic E-state index is 13.7. The fourth-order valence-electron chi connectivity index (χ4n) is 2.02. The molecule has 1 aromatic rings. The topological polar surface area (TPSA) is 15.3 Å². The summed E-state index contributed by atoms with van der Waals surface area (Å²) < 4.78 is 14.6. The molecule has 114 valence electrons. The van der Waals surface area contributed by atoms with Crippen LogP contribution in [-0.4, -0.2) is 31.1 Å². The molecule has 2 nitrogen and oxygen atoms in total. The molecule has 0 amide bonds. The van der Waals surface area contributed by atoms with Crippen molar-refractivity contribution < 1.29 is 4.39 Å². The van der Waals surface area contributed by atoms with Gasteiger partial charge in [-0.25, -0.2) is 4.39 Å². The molecular formula is C16H26BrFN2. The summed E-state index contributed by atoms with van der Waals surface area (Å²) in [5.41, 5.74) is 0.721. The van der Waals surface area contributed by atoms with Gasteiger partial charge < -0.3 is 10.2 Å². The molecule has 0 aliphatic carbocycles. The van der Waals surface area contributed by atoms with Crippen molar-refractivity contribution in [3.8, 4) is 0 Å². The number of hydrogen-bond acceptors (Lipinski definition) is 2. The van der Waals surface area contributed by atoms with E-state index in [-0.39, 0.29) is 11.9 Å². The Morgan fingerprint density at radius 3 is 2.60 bits per heavy atom. The molecule has 0 bridgehead atoms. The van der Waals surface area contributed by atoms with Crippen molar-refractivity contribution >= 4 is 15.9 Å². The van der Waals surface area contributed by atoms with Crippen LogP contribution in [0.3, 0.4) is 0 Å². The van der Waals surface area contributed by atoms with Crippen LogP contribution in [0.1, 0.15) is 45.2 Å². The molecular weight excluding hydrogens is 319 g/mol. The third-order valence-electron chi connectivity index (χ3n) is 3.69. The molecule has 0 fully saturated rings. The van der Waals surface area contributed by atoms with Gasteiger partial charge in [0, 0.05) is 22.1 Å². The monoisotopic (exact) mass is 344 g/mol. The second-order valence-electron chi connectivity index (χ2n) is 5.62. The molecule has 1 aromatic carbocycles. The van der Waals surface area contributed by atoms with E-state index < -0.39 is 0 Å². The maximum atomic E-state index is 13.7. The minimum atomic E-state index is -0.146. The number of benzene rings is 1. The first-order valence-electron chi connectivity index (χ1n) is 7.30. The molecule has 0 saturated heterocycles.